The number of aromatic hydroxyl groups is 1. The van der Waals surface area contributed by atoms with Crippen molar-refractivity contribution in [2.45, 2.75) is 31.3 Å². The van der Waals surface area contributed by atoms with E-state index < -0.39 is 12.0 Å². The second-order valence-corrected chi connectivity index (χ2v) is 8.49. The first-order valence-electron chi connectivity index (χ1n) is 12.0. The predicted octanol–water partition coefficient (Wildman–Crippen LogP) is 2.39. The van der Waals surface area contributed by atoms with Gasteiger partial charge in [0.05, 0.1) is 13.0 Å². The van der Waals surface area contributed by atoms with Crippen LogP contribution in [0.15, 0.2) is 83.9 Å². The molecule has 0 aromatic heterocycles. The van der Waals surface area contributed by atoms with Gasteiger partial charge in [-0.05, 0) is 41.7 Å². The maximum Gasteiger partial charge on any atom is 0.242 e. The van der Waals surface area contributed by atoms with Gasteiger partial charge in [-0.15, -0.1) is 0 Å². The molecule has 37 heavy (non-hydrogen) atoms. The molecule has 0 saturated carbocycles. The first-order chi connectivity index (χ1) is 17.9. The largest absolute Gasteiger partial charge is 0.504 e. The van der Waals surface area contributed by atoms with Crippen molar-refractivity contribution in [1.29, 1.82) is 0 Å². The van der Waals surface area contributed by atoms with Crippen molar-refractivity contribution >= 4 is 17.8 Å². The summed E-state index contributed by atoms with van der Waals surface area (Å²) in [5, 5.41) is 15.6. The third-order valence-electron chi connectivity index (χ3n) is 5.82. The number of aliphatic imine (C=N–C) groups is 1. The number of phenolic OH excluding ortho intramolecular Hbond substituents is 1. The van der Waals surface area contributed by atoms with Gasteiger partial charge >= 0.3 is 0 Å². The molecule has 9 nitrogen and oxygen atoms in total. The number of ether oxygens (including phenoxy) is 1. The van der Waals surface area contributed by atoms with Crippen LogP contribution in [-0.4, -0.2) is 42.6 Å². The topological polar surface area (TPSA) is 152 Å². The SMILES string of the molecule is COc1cc(CNC(=O)[C@H](CCCN=C(N)N)NC(=O)C(c2ccccc2)c2ccccc2)ccc1O. The van der Waals surface area contributed by atoms with Crippen LogP contribution >= 0.6 is 0 Å². The minimum Gasteiger partial charge on any atom is -0.504 e. The molecule has 3 aromatic carbocycles. The van der Waals surface area contributed by atoms with Crippen molar-refractivity contribution in [3.05, 3.63) is 95.6 Å². The Bertz CT molecular complexity index is 1160. The normalized spacial score (nSPS) is 11.4. The summed E-state index contributed by atoms with van der Waals surface area (Å²) in [4.78, 5) is 30.8. The smallest absolute Gasteiger partial charge is 0.242 e. The lowest BCUT2D eigenvalue weighted by molar-refractivity contribution is -0.129. The Kier molecular flexibility index (Phi) is 9.90. The lowest BCUT2D eigenvalue weighted by atomic mass is 9.90. The highest BCUT2D eigenvalue weighted by Crippen LogP contribution is 2.27. The number of amides is 2. The molecule has 0 unspecified atom stereocenters. The standard InChI is InChI=1S/C28H33N5O4/c1-37-24-17-19(14-15-23(24)34)18-32-26(35)22(13-8-16-31-28(29)30)33-27(36)25(20-9-4-2-5-10-20)21-11-6-3-7-12-21/h2-7,9-12,14-15,17,22,25,34H,8,13,16,18H2,1H3,(H,32,35)(H,33,36)(H4,29,30,31)/t22-/m0/s1. The van der Waals surface area contributed by atoms with E-state index in [0.717, 1.165) is 16.7 Å². The van der Waals surface area contributed by atoms with Crippen molar-refractivity contribution in [1.82, 2.24) is 10.6 Å². The summed E-state index contributed by atoms with van der Waals surface area (Å²) >= 11 is 0. The molecule has 0 fully saturated rings. The number of nitrogens with one attached hydrogen (secondary N) is 2. The third-order valence-corrected chi connectivity index (χ3v) is 5.82. The maximum absolute atomic E-state index is 13.6. The van der Waals surface area contributed by atoms with Crippen molar-refractivity contribution in [2.24, 2.45) is 16.5 Å². The van der Waals surface area contributed by atoms with Crippen molar-refractivity contribution in [2.75, 3.05) is 13.7 Å². The Hall–Kier alpha value is -4.53. The average Bonchev–Trinajstić information content (AvgIpc) is 2.91. The summed E-state index contributed by atoms with van der Waals surface area (Å²) in [6.07, 6.45) is 0.828. The summed E-state index contributed by atoms with van der Waals surface area (Å²) in [7, 11) is 1.45. The monoisotopic (exact) mass is 503 g/mol. The highest BCUT2D eigenvalue weighted by Gasteiger charge is 2.27. The molecule has 194 valence electrons. The Morgan fingerprint density at radius 1 is 0.946 bits per heavy atom. The van der Waals surface area contributed by atoms with Gasteiger partial charge in [0.1, 0.15) is 6.04 Å². The highest BCUT2D eigenvalue weighted by atomic mass is 16.5. The van der Waals surface area contributed by atoms with E-state index in [-0.39, 0.29) is 30.1 Å². The van der Waals surface area contributed by atoms with E-state index in [1.807, 2.05) is 60.7 Å². The van der Waals surface area contributed by atoms with Gasteiger partial charge < -0.3 is 31.9 Å². The lowest BCUT2D eigenvalue weighted by Crippen LogP contribution is -2.48. The number of carbonyl (C=O) groups excluding carboxylic acids is 2. The summed E-state index contributed by atoms with van der Waals surface area (Å²) in [6.45, 7) is 0.522. The second kappa shape index (κ2) is 13.5. The highest BCUT2D eigenvalue weighted by molar-refractivity contribution is 5.92. The number of hydrogen-bond donors (Lipinski definition) is 5. The fraction of sp³-hybridized carbons (Fsp3) is 0.250. The number of rotatable bonds is 12. The lowest BCUT2D eigenvalue weighted by Gasteiger charge is -2.23. The van der Waals surface area contributed by atoms with Gasteiger partial charge in [0.15, 0.2) is 17.5 Å². The van der Waals surface area contributed by atoms with Crippen LogP contribution in [0.5, 0.6) is 11.5 Å². The molecule has 0 bridgehead atoms. The number of nitrogens with zero attached hydrogens (tertiary/aromatic N) is 1. The van der Waals surface area contributed by atoms with Crippen LogP contribution in [0.1, 0.15) is 35.4 Å². The average molecular weight is 504 g/mol. The minimum atomic E-state index is -0.810. The van der Waals surface area contributed by atoms with Gasteiger partial charge in [0, 0.05) is 13.1 Å². The quantitative estimate of drug-likeness (QED) is 0.145. The van der Waals surface area contributed by atoms with Crippen LogP contribution in [-0.2, 0) is 16.1 Å². The van der Waals surface area contributed by atoms with Crippen LogP contribution in [0, 0.1) is 0 Å². The number of methoxy groups -OCH3 is 1. The number of hydrogen-bond acceptors (Lipinski definition) is 5. The zero-order chi connectivity index (χ0) is 26.6. The van der Waals surface area contributed by atoms with E-state index in [9.17, 15) is 14.7 Å². The molecule has 0 radical (unpaired) electrons. The third kappa shape index (κ3) is 7.99. The number of nitrogens with two attached hydrogens (primary N) is 2. The molecular weight excluding hydrogens is 470 g/mol. The number of carbonyl (C=O) groups is 2. The Morgan fingerprint density at radius 3 is 2.14 bits per heavy atom. The summed E-state index contributed by atoms with van der Waals surface area (Å²) < 4.78 is 5.14. The molecule has 0 heterocycles. The molecule has 2 amide bonds. The van der Waals surface area contributed by atoms with E-state index >= 15 is 0 Å². The van der Waals surface area contributed by atoms with Crippen molar-refractivity contribution in [3.63, 3.8) is 0 Å². The van der Waals surface area contributed by atoms with E-state index in [1.165, 1.54) is 13.2 Å². The molecule has 3 rings (SSSR count). The van der Waals surface area contributed by atoms with E-state index in [2.05, 4.69) is 15.6 Å². The molecular formula is C28H33N5O4. The molecule has 0 aliphatic heterocycles. The summed E-state index contributed by atoms with van der Waals surface area (Å²) in [6, 6.07) is 22.9. The zero-order valence-electron chi connectivity index (χ0n) is 20.8. The molecule has 9 heteroatoms. The van der Waals surface area contributed by atoms with Gasteiger partial charge in [-0.2, -0.15) is 0 Å². The fourth-order valence-corrected chi connectivity index (χ4v) is 3.96. The molecule has 0 aliphatic rings. The van der Waals surface area contributed by atoms with Gasteiger partial charge in [0.2, 0.25) is 11.8 Å². The summed E-state index contributed by atoms with van der Waals surface area (Å²) in [5.74, 6) is -0.926. The van der Waals surface area contributed by atoms with Gasteiger partial charge in [-0.3, -0.25) is 14.6 Å². The Morgan fingerprint density at radius 2 is 1.57 bits per heavy atom. The van der Waals surface area contributed by atoms with Crippen LogP contribution in [0.4, 0.5) is 0 Å². The number of benzene rings is 3. The second-order valence-electron chi connectivity index (χ2n) is 8.49. The first kappa shape index (κ1) is 27.1. The number of guanidine groups is 1. The molecule has 0 saturated heterocycles. The number of phenols is 1. The molecule has 1 atom stereocenters. The van der Waals surface area contributed by atoms with Crippen molar-refractivity contribution in [3.8, 4) is 11.5 Å². The van der Waals surface area contributed by atoms with Crippen LogP contribution in [0.25, 0.3) is 0 Å². The van der Waals surface area contributed by atoms with Crippen LogP contribution in [0.3, 0.4) is 0 Å². The molecule has 0 aliphatic carbocycles. The summed E-state index contributed by atoms with van der Waals surface area (Å²) in [5.41, 5.74) is 13.2. The van der Waals surface area contributed by atoms with Crippen molar-refractivity contribution < 1.29 is 19.4 Å². The molecule has 3 aromatic rings. The maximum atomic E-state index is 13.6. The fourth-order valence-electron chi connectivity index (χ4n) is 3.96. The Balaban J connectivity index is 1.78. The van der Waals surface area contributed by atoms with Crippen LogP contribution < -0.4 is 26.8 Å². The van der Waals surface area contributed by atoms with Gasteiger partial charge in [-0.1, -0.05) is 66.7 Å². The van der Waals surface area contributed by atoms with Crippen LogP contribution in [0.2, 0.25) is 0 Å². The van der Waals surface area contributed by atoms with Gasteiger partial charge in [-0.25, -0.2) is 0 Å². The van der Waals surface area contributed by atoms with E-state index in [1.54, 1.807) is 12.1 Å². The minimum absolute atomic E-state index is 0.00955. The van der Waals surface area contributed by atoms with Gasteiger partial charge in [0.25, 0.3) is 0 Å². The Labute approximate surface area is 216 Å². The predicted molar refractivity (Wildman–Crippen MR) is 143 cm³/mol. The molecule has 0 spiro atoms. The first-order valence-corrected chi connectivity index (χ1v) is 12.0. The van der Waals surface area contributed by atoms with E-state index in [0.29, 0.717) is 25.1 Å². The van der Waals surface area contributed by atoms with E-state index in [4.69, 9.17) is 16.2 Å². The molecule has 7 N–H and O–H groups in total. The zero-order valence-corrected chi connectivity index (χ0v) is 20.8.